The molecule has 0 radical (unpaired) electrons. The molecule has 0 aromatic carbocycles. The van der Waals surface area contributed by atoms with E-state index in [0.29, 0.717) is 0 Å². The van der Waals surface area contributed by atoms with Gasteiger partial charge in [-0.2, -0.15) is 15.3 Å². The Bertz CT molecular complexity index is 905. The zero-order valence-electron chi connectivity index (χ0n) is 21.5. The molecule has 182 valence electrons. The predicted molar refractivity (Wildman–Crippen MR) is 139 cm³/mol. The van der Waals surface area contributed by atoms with Crippen molar-refractivity contribution >= 4 is 30.4 Å². The Morgan fingerprint density at radius 1 is 0.818 bits per heavy atom. The van der Waals surface area contributed by atoms with Crippen molar-refractivity contribution in [3.63, 3.8) is 0 Å². The van der Waals surface area contributed by atoms with Crippen LogP contribution in [-0.2, 0) is 0 Å². The van der Waals surface area contributed by atoms with E-state index in [2.05, 4.69) is 73.9 Å². The molecule has 0 aliphatic heterocycles. The summed E-state index contributed by atoms with van der Waals surface area (Å²) in [6.07, 6.45) is -0.0957. The molecule has 0 aliphatic rings. The molecule has 0 spiro atoms. The van der Waals surface area contributed by atoms with Crippen molar-refractivity contribution in [3.05, 3.63) is 52.4 Å². The Morgan fingerprint density at radius 3 is 1.21 bits per heavy atom. The van der Waals surface area contributed by atoms with Crippen LogP contribution in [0.4, 0.5) is 0 Å². The summed E-state index contributed by atoms with van der Waals surface area (Å²) in [5.74, 6) is 0. The fourth-order valence-corrected chi connectivity index (χ4v) is 5.61. The third-order valence-corrected chi connectivity index (χ3v) is 6.51. The van der Waals surface area contributed by atoms with E-state index in [4.69, 9.17) is 20.4 Å². The zero-order valence-corrected chi connectivity index (χ0v) is 28.2. The van der Waals surface area contributed by atoms with Crippen LogP contribution in [0, 0.1) is 66.6 Å². The third kappa shape index (κ3) is 9.95. The summed E-state index contributed by atoms with van der Waals surface area (Å²) in [5.41, 5.74) is 6.23. The van der Waals surface area contributed by atoms with Gasteiger partial charge in [-0.15, -0.1) is 0 Å². The molecule has 3 rings (SSSR count). The van der Waals surface area contributed by atoms with Crippen molar-refractivity contribution in [1.29, 1.82) is 0 Å². The summed E-state index contributed by atoms with van der Waals surface area (Å²) in [5, 5.41) is 22.9. The molecule has 0 bridgehead atoms. The van der Waals surface area contributed by atoms with Crippen molar-refractivity contribution < 1.29 is 30.2 Å². The summed E-state index contributed by atoms with van der Waals surface area (Å²) in [4.78, 5) is 0. The van der Waals surface area contributed by atoms with Gasteiger partial charge in [-0.05, 0) is 72.7 Å². The van der Waals surface area contributed by atoms with E-state index >= 15 is 0 Å². The van der Waals surface area contributed by atoms with Crippen LogP contribution in [-0.4, -0.2) is 55.5 Å². The number of hydrogen-bond acceptors (Lipinski definition) is 4. The molecular weight excluding hydrogens is 700 g/mol. The fourth-order valence-electron chi connectivity index (χ4n) is 3.84. The van der Waals surface area contributed by atoms with E-state index in [1.807, 2.05) is 41.5 Å². The van der Waals surface area contributed by atoms with Crippen LogP contribution in [0.5, 0.6) is 0 Å². The topological polar surface area (TPSA) is 73.7 Å². The predicted octanol–water partition coefficient (Wildman–Crippen LogP) is 5.14. The molecule has 1 unspecified atom stereocenters. The van der Waals surface area contributed by atoms with Crippen LogP contribution in [0.15, 0.2) is 18.2 Å². The van der Waals surface area contributed by atoms with Crippen molar-refractivity contribution in [2.24, 2.45) is 0 Å². The van der Waals surface area contributed by atoms with Gasteiger partial charge in [0.2, 0.25) is 0 Å². The van der Waals surface area contributed by atoms with Crippen molar-refractivity contribution in [2.75, 3.05) is 0 Å². The SMILES string of the molecule is CC(O)C[Si](C)(C)C.Cc1cc(C)n(B(n2nc(C)cc2C)n2nc(C)cc2C)n1.[Cl][U][Cl]. The molecule has 0 saturated heterocycles. The fraction of sp³-hybridized carbons (Fsp3) is 0.571. The van der Waals surface area contributed by atoms with E-state index in [9.17, 15) is 0 Å². The van der Waals surface area contributed by atoms with Crippen LogP contribution in [0.25, 0.3) is 0 Å². The number of halogens is 2. The molecule has 0 amide bonds. The van der Waals surface area contributed by atoms with Gasteiger partial charge >= 0.3 is 47.4 Å². The Balaban J connectivity index is 0.000000417. The van der Waals surface area contributed by atoms with Crippen molar-refractivity contribution in [2.45, 2.75) is 80.3 Å². The Hall–Kier alpha value is -0.496. The first-order valence-corrected chi connectivity index (χ1v) is 24.8. The summed E-state index contributed by atoms with van der Waals surface area (Å²) < 4.78 is 5.94. The van der Waals surface area contributed by atoms with E-state index in [1.54, 1.807) is 0 Å². The second-order valence-electron chi connectivity index (χ2n) is 9.65. The summed E-state index contributed by atoms with van der Waals surface area (Å²) in [7, 11) is 8.75. The number of aliphatic hydroxyl groups is 1. The molecule has 3 aromatic heterocycles. The molecule has 0 saturated carbocycles. The van der Waals surface area contributed by atoms with Crippen LogP contribution in [0.3, 0.4) is 0 Å². The molecule has 33 heavy (non-hydrogen) atoms. The van der Waals surface area contributed by atoms with Gasteiger partial charge < -0.3 is 5.11 Å². The minimum absolute atomic E-state index is 0.0957. The third-order valence-electron chi connectivity index (χ3n) is 4.70. The molecule has 0 fully saturated rings. The Morgan fingerprint density at radius 2 is 1.09 bits per heavy atom. The number of aryl methyl sites for hydroxylation is 6. The minimum atomic E-state index is -1.06. The number of aliphatic hydroxyl groups excluding tert-OH is 1. The second kappa shape index (κ2) is 13.6. The molecule has 3 heterocycles. The van der Waals surface area contributed by atoms with Gasteiger partial charge in [0.05, 0.1) is 17.1 Å². The first-order chi connectivity index (χ1) is 15.2. The van der Waals surface area contributed by atoms with Crippen LogP contribution in [0.1, 0.15) is 41.1 Å². The normalized spacial score (nSPS) is 11.7. The molecule has 0 aliphatic carbocycles. The van der Waals surface area contributed by atoms with Gasteiger partial charge in [-0.1, -0.05) is 19.6 Å². The molecule has 1 N–H and O–H groups in total. The van der Waals surface area contributed by atoms with Gasteiger partial charge in [0.1, 0.15) is 0 Å². The van der Waals surface area contributed by atoms with Crippen LogP contribution in [0.2, 0.25) is 25.7 Å². The van der Waals surface area contributed by atoms with E-state index in [-0.39, 0.29) is 13.2 Å². The van der Waals surface area contributed by atoms with E-state index in [0.717, 1.165) is 40.2 Å². The Labute approximate surface area is 220 Å². The average Bonchev–Trinajstić information content (AvgIpc) is 3.25. The van der Waals surface area contributed by atoms with Gasteiger partial charge in [-0.3, -0.25) is 13.8 Å². The average molecular weight is 737 g/mol. The van der Waals surface area contributed by atoms with Crippen LogP contribution < -0.4 is 0 Å². The van der Waals surface area contributed by atoms with Gasteiger partial charge in [0, 0.05) is 31.3 Å². The zero-order chi connectivity index (χ0) is 25.5. The van der Waals surface area contributed by atoms with Gasteiger partial charge in [0.25, 0.3) is 0 Å². The first-order valence-electron chi connectivity index (χ1n) is 10.9. The van der Waals surface area contributed by atoms with Crippen molar-refractivity contribution in [1.82, 2.24) is 29.1 Å². The summed E-state index contributed by atoms with van der Waals surface area (Å²) in [6.45, 7) is 20.8. The van der Waals surface area contributed by atoms with E-state index in [1.165, 1.54) is 0 Å². The standard InChI is InChI=1S/C15H21BN6.C6H16OSi.2ClH.U/c1-10-7-13(4)20(17-10)16(21-14(5)8-11(2)18-21)22-15(6)9-12(3)19-22;1-6(7)5-8(2,3)4;;;/h7-9H,1-6H3;6-7H,5H2,1-4H3;2*1H;/q;;;;+2/p-2. The quantitative estimate of drug-likeness (QED) is 0.369. The number of aromatic nitrogens is 6. The second-order valence-corrected chi connectivity index (χ2v) is 21.1. The molecule has 1 atom stereocenters. The molecular formula is C21H37BCl2N6OSiU. The van der Waals surface area contributed by atoms with Gasteiger partial charge in [-0.25, -0.2) is 0 Å². The summed E-state index contributed by atoms with van der Waals surface area (Å²) in [6, 6.07) is 7.24. The maximum absolute atomic E-state index is 8.92. The number of hydrogen-bond donors (Lipinski definition) is 1. The van der Waals surface area contributed by atoms with Crippen molar-refractivity contribution in [3.8, 4) is 0 Å². The molecule has 3 aromatic rings. The Kier molecular flexibility index (Phi) is 12.5. The molecule has 12 heteroatoms. The van der Waals surface area contributed by atoms with Crippen LogP contribution >= 0.6 is 15.2 Å². The number of nitrogens with zero attached hydrogens (tertiary/aromatic N) is 6. The van der Waals surface area contributed by atoms with Gasteiger partial charge in [0.15, 0.2) is 0 Å². The molecule has 7 nitrogen and oxygen atoms in total. The first kappa shape index (κ1) is 30.5. The maximum atomic E-state index is 8.92. The monoisotopic (exact) mass is 736 g/mol. The number of rotatable bonds is 5. The summed E-state index contributed by atoms with van der Waals surface area (Å²) >= 11 is -1.06. The van der Waals surface area contributed by atoms with E-state index < -0.39 is 33.1 Å².